The lowest BCUT2D eigenvalue weighted by atomic mass is 9.93. The van der Waals surface area contributed by atoms with E-state index >= 15 is 0 Å². The van der Waals surface area contributed by atoms with Gasteiger partial charge in [0.25, 0.3) is 0 Å². The fourth-order valence-corrected chi connectivity index (χ4v) is 5.76. The monoisotopic (exact) mass is 444 g/mol. The van der Waals surface area contributed by atoms with Crippen LogP contribution in [0.5, 0.6) is 5.75 Å². The summed E-state index contributed by atoms with van der Waals surface area (Å²) < 4.78 is 0. The van der Waals surface area contributed by atoms with Crippen molar-refractivity contribution in [2.24, 2.45) is 0 Å². The van der Waals surface area contributed by atoms with Crippen LogP contribution in [-0.2, 0) is 0 Å². The Morgan fingerprint density at radius 1 is 0.286 bits per heavy atom. The minimum Gasteiger partial charge on any atom is -0.507 e. The van der Waals surface area contributed by atoms with Crippen LogP contribution in [0.25, 0.3) is 75.4 Å². The molecule has 0 atom stereocenters. The molecule has 0 aliphatic heterocycles. The van der Waals surface area contributed by atoms with Crippen molar-refractivity contribution in [3.05, 3.63) is 115 Å². The molecule has 8 aromatic rings. The SMILES string of the molecule is Oc1cccc2cc3cc4ccc5cc6cc7cc8ccccc8cc7cc6cc5c4cc3cc12. The Morgan fingerprint density at radius 2 is 0.657 bits per heavy atom. The quantitative estimate of drug-likeness (QED) is 0.182. The molecular formula is C34H20O. The van der Waals surface area contributed by atoms with Crippen LogP contribution in [-0.4, -0.2) is 5.11 Å². The minimum absolute atomic E-state index is 0.327. The molecule has 0 aromatic heterocycles. The van der Waals surface area contributed by atoms with Gasteiger partial charge in [0.2, 0.25) is 0 Å². The van der Waals surface area contributed by atoms with E-state index in [4.69, 9.17) is 0 Å². The molecule has 35 heavy (non-hydrogen) atoms. The van der Waals surface area contributed by atoms with Gasteiger partial charge in [-0.05, 0) is 137 Å². The zero-order valence-electron chi connectivity index (χ0n) is 18.9. The van der Waals surface area contributed by atoms with Crippen molar-refractivity contribution in [2.45, 2.75) is 0 Å². The van der Waals surface area contributed by atoms with Crippen molar-refractivity contribution in [1.82, 2.24) is 0 Å². The van der Waals surface area contributed by atoms with Crippen LogP contribution < -0.4 is 0 Å². The van der Waals surface area contributed by atoms with Crippen LogP contribution in [0.3, 0.4) is 0 Å². The summed E-state index contributed by atoms with van der Waals surface area (Å²) in [6.45, 7) is 0. The second-order valence-electron chi connectivity index (χ2n) is 9.66. The van der Waals surface area contributed by atoms with E-state index in [1.54, 1.807) is 6.07 Å². The van der Waals surface area contributed by atoms with Gasteiger partial charge in [0.1, 0.15) is 5.75 Å². The molecule has 0 bridgehead atoms. The lowest BCUT2D eigenvalue weighted by Crippen LogP contribution is -1.84. The minimum atomic E-state index is 0.327. The van der Waals surface area contributed by atoms with Crippen molar-refractivity contribution in [1.29, 1.82) is 0 Å². The molecule has 0 aliphatic carbocycles. The Labute approximate surface area is 201 Å². The number of fused-ring (bicyclic) bond motifs is 8. The predicted octanol–water partition coefficient (Wildman–Crippen LogP) is 9.46. The van der Waals surface area contributed by atoms with Crippen LogP contribution in [0.15, 0.2) is 115 Å². The molecule has 8 aromatic carbocycles. The van der Waals surface area contributed by atoms with E-state index in [1.165, 1.54) is 59.2 Å². The van der Waals surface area contributed by atoms with E-state index in [1.807, 2.05) is 6.07 Å². The van der Waals surface area contributed by atoms with Crippen molar-refractivity contribution < 1.29 is 5.11 Å². The van der Waals surface area contributed by atoms with Crippen molar-refractivity contribution in [2.75, 3.05) is 0 Å². The molecule has 0 saturated carbocycles. The highest BCUT2D eigenvalue weighted by Gasteiger charge is 2.09. The number of hydrogen-bond acceptors (Lipinski definition) is 1. The third-order valence-corrected chi connectivity index (χ3v) is 7.54. The average Bonchev–Trinajstić information content (AvgIpc) is 2.88. The third kappa shape index (κ3) is 2.76. The van der Waals surface area contributed by atoms with Crippen LogP contribution in [0.4, 0.5) is 0 Å². The number of benzene rings is 8. The lowest BCUT2D eigenvalue weighted by molar-refractivity contribution is 0.481. The Hall–Kier alpha value is -4.62. The smallest absolute Gasteiger partial charge is 0.123 e. The van der Waals surface area contributed by atoms with Crippen molar-refractivity contribution in [3.63, 3.8) is 0 Å². The molecule has 0 amide bonds. The predicted molar refractivity (Wildman–Crippen MR) is 151 cm³/mol. The third-order valence-electron chi connectivity index (χ3n) is 7.54. The van der Waals surface area contributed by atoms with Gasteiger partial charge >= 0.3 is 0 Å². The highest BCUT2D eigenvalue weighted by atomic mass is 16.3. The highest BCUT2D eigenvalue weighted by molar-refractivity contribution is 6.17. The van der Waals surface area contributed by atoms with Crippen LogP contribution in [0.1, 0.15) is 0 Å². The molecule has 0 spiro atoms. The van der Waals surface area contributed by atoms with Gasteiger partial charge < -0.3 is 5.11 Å². The zero-order chi connectivity index (χ0) is 23.1. The first-order valence-corrected chi connectivity index (χ1v) is 12.0. The first-order chi connectivity index (χ1) is 17.2. The molecule has 0 unspecified atom stereocenters. The molecule has 1 N–H and O–H groups in total. The number of phenolic OH excluding ortho intramolecular Hbond substituents is 1. The maximum Gasteiger partial charge on any atom is 0.123 e. The lowest BCUT2D eigenvalue weighted by Gasteiger charge is -2.11. The Balaban J connectivity index is 1.44. The summed E-state index contributed by atoms with van der Waals surface area (Å²) in [6, 6.07) is 41.4. The second kappa shape index (κ2) is 6.71. The van der Waals surface area contributed by atoms with Crippen molar-refractivity contribution >= 4 is 75.4 Å². The summed E-state index contributed by atoms with van der Waals surface area (Å²) in [5.41, 5.74) is 0. The highest BCUT2D eigenvalue weighted by Crippen LogP contribution is 2.36. The maximum atomic E-state index is 10.4. The fourth-order valence-electron chi connectivity index (χ4n) is 5.76. The average molecular weight is 445 g/mol. The summed E-state index contributed by atoms with van der Waals surface area (Å²) in [4.78, 5) is 0. The van der Waals surface area contributed by atoms with Gasteiger partial charge in [0, 0.05) is 5.39 Å². The molecule has 1 heteroatoms. The summed E-state index contributed by atoms with van der Waals surface area (Å²) in [5, 5.41) is 27.2. The number of rotatable bonds is 0. The largest absolute Gasteiger partial charge is 0.507 e. The molecule has 0 radical (unpaired) electrons. The van der Waals surface area contributed by atoms with E-state index in [0.717, 1.165) is 16.2 Å². The molecule has 0 fully saturated rings. The summed E-state index contributed by atoms with van der Waals surface area (Å²) in [5.74, 6) is 0.327. The number of hydrogen-bond donors (Lipinski definition) is 1. The maximum absolute atomic E-state index is 10.4. The molecule has 162 valence electrons. The molecular weight excluding hydrogens is 424 g/mol. The van der Waals surface area contributed by atoms with E-state index in [0.29, 0.717) is 5.75 Å². The zero-order valence-corrected chi connectivity index (χ0v) is 18.9. The second-order valence-corrected chi connectivity index (χ2v) is 9.66. The Kier molecular flexibility index (Phi) is 3.60. The molecule has 0 aliphatic rings. The van der Waals surface area contributed by atoms with Gasteiger partial charge in [-0.1, -0.05) is 48.5 Å². The van der Waals surface area contributed by atoms with E-state index in [-0.39, 0.29) is 0 Å². The standard InChI is InChI=1S/C34H20O/c35-34-7-3-6-22-12-27-13-23-8-9-24-14-28-15-25-10-20-4-1-2-5-21(20)11-26(25)16-29(28)17-31(24)32(23)18-30(27)19-33(22)34/h1-19,35H. The number of aromatic hydroxyl groups is 1. The molecule has 0 heterocycles. The van der Waals surface area contributed by atoms with Gasteiger partial charge in [0.15, 0.2) is 0 Å². The van der Waals surface area contributed by atoms with Gasteiger partial charge in [-0.2, -0.15) is 0 Å². The van der Waals surface area contributed by atoms with Gasteiger partial charge in [-0.25, -0.2) is 0 Å². The summed E-state index contributed by atoms with van der Waals surface area (Å²) in [6.07, 6.45) is 0. The Morgan fingerprint density at radius 3 is 1.23 bits per heavy atom. The van der Waals surface area contributed by atoms with Crippen molar-refractivity contribution in [3.8, 4) is 5.75 Å². The summed E-state index contributed by atoms with van der Waals surface area (Å²) >= 11 is 0. The topological polar surface area (TPSA) is 20.2 Å². The molecule has 8 rings (SSSR count). The molecule has 0 saturated heterocycles. The first kappa shape index (κ1) is 18.8. The van der Waals surface area contributed by atoms with Crippen LogP contribution in [0, 0.1) is 0 Å². The van der Waals surface area contributed by atoms with Gasteiger partial charge in [-0.15, -0.1) is 0 Å². The van der Waals surface area contributed by atoms with Crippen LogP contribution >= 0.6 is 0 Å². The van der Waals surface area contributed by atoms with Crippen LogP contribution in [0.2, 0.25) is 0 Å². The number of phenols is 1. The molecule has 1 nitrogen and oxygen atoms in total. The summed E-state index contributed by atoms with van der Waals surface area (Å²) in [7, 11) is 0. The van der Waals surface area contributed by atoms with E-state index < -0.39 is 0 Å². The normalized spacial score (nSPS) is 12.1. The Bertz CT molecular complexity index is 2170. The van der Waals surface area contributed by atoms with Gasteiger partial charge in [0.05, 0.1) is 0 Å². The fraction of sp³-hybridized carbons (Fsp3) is 0. The first-order valence-electron chi connectivity index (χ1n) is 12.0. The van der Waals surface area contributed by atoms with Gasteiger partial charge in [-0.3, -0.25) is 0 Å². The van der Waals surface area contributed by atoms with E-state index in [9.17, 15) is 5.11 Å². The van der Waals surface area contributed by atoms with E-state index in [2.05, 4.69) is 103 Å².